The number of nitriles is 1. The molecule has 0 spiro atoms. The molecule has 0 aliphatic heterocycles. The van der Waals surface area contributed by atoms with Gasteiger partial charge in [0.2, 0.25) is 0 Å². The normalized spacial score (nSPS) is 11.1. The molecule has 2 aromatic heterocycles. The molecule has 0 fully saturated rings. The van der Waals surface area contributed by atoms with Crippen LogP contribution in [0.2, 0.25) is 0 Å². The summed E-state index contributed by atoms with van der Waals surface area (Å²) in [6.45, 7) is 0. The van der Waals surface area contributed by atoms with Gasteiger partial charge in [0.1, 0.15) is 16.8 Å². The molecule has 0 aromatic carbocycles. The van der Waals surface area contributed by atoms with Gasteiger partial charge in [-0.3, -0.25) is 0 Å². The van der Waals surface area contributed by atoms with Gasteiger partial charge in [0.15, 0.2) is 0 Å². The summed E-state index contributed by atoms with van der Waals surface area (Å²) in [6.07, 6.45) is -2.12. The predicted octanol–water partition coefficient (Wildman–Crippen LogP) is 3.52. The highest BCUT2D eigenvalue weighted by Crippen LogP contribution is 2.31. The maximum Gasteiger partial charge on any atom is 0.417 e. The molecule has 19 heavy (non-hydrogen) atoms. The molecule has 0 atom stereocenters. The minimum Gasteiger partial charge on any atom is -0.249 e. The van der Waals surface area contributed by atoms with Crippen molar-refractivity contribution in [3.8, 4) is 6.07 Å². The zero-order chi connectivity index (χ0) is 13.9. The number of halogens is 3. The highest BCUT2D eigenvalue weighted by molar-refractivity contribution is 7.99. The minimum atomic E-state index is -4.38. The van der Waals surface area contributed by atoms with Crippen molar-refractivity contribution in [2.75, 3.05) is 0 Å². The maximum absolute atomic E-state index is 12.3. The van der Waals surface area contributed by atoms with Gasteiger partial charge in [0, 0.05) is 17.3 Å². The van der Waals surface area contributed by atoms with Crippen molar-refractivity contribution in [3.05, 3.63) is 47.9 Å². The van der Waals surface area contributed by atoms with E-state index in [-0.39, 0.29) is 5.69 Å². The Morgan fingerprint density at radius 1 is 1.05 bits per heavy atom. The van der Waals surface area contributed by atoms with Gasteiger partial charge < -0.3 is 0 Å². The quantitative estimate of drug-likeness (QED) is 0.845. The number of hydrogen-bond donors (Lipinski definition) is 0. The minimum absolute atomic E-state index is 0.282. The van der Waals surface area contributed by atoms with Crippen LogP contribution in [0.5, 0.6) is 0 Å². The van der Waals surface area contributed by atoms with Crippen LogP contribution in [0, 0.1) is 11.3 Å². The Morgan fingerprint density at radius 3 is 2.32 bits per heavy atom. The molecule has 0 saturated carbocycles. The second-order valence-electron chi connectivity index (χ2n) is 3.48. The molecule has 0 N–H and O–H groups in total. The lowest BCUT2D eigenvalue weighted by molar-refractivity contribution is -0.137. The fraction of sp³-hybridized carbons (Fsp3) is 0.0833. The average Bonchev–Trinajstić information content (AvgIpc) is 2.39. The molecule has 2 aromatic rings. The van der Waals surface area contributed by atoms with E-state index in [1.54, 1.807) is 6.07 Å². The molecule has 0 aliphatic carbocycles. The zero-order valence-corrected chi connectivity index (χ0v) is 10.2. The summed E-state index contributed by atoms with van der Waals surface area (Å²) in [5.41, 5.74) is -0.500. The summed E-state index contributed by atoms with van der Waals surface area (Å²) in [5.74, 6) is 0. The first-order valence-electron chi connectivity index (χ1n) is 5.06. The maximum atomic E-state index is 12.3. The van der Waals surface area contributed by atoms with Crippen LogP contribution in [-0.4, -0.2) is 9.97 Å². The molecular formula is C12H6F3N3S. The Balaban J connectivity index is 2.13. The summed E-state index contributed by atoms with van der Waals surface area (Å²) >= 11 is 1.18. The molecule has 96 valence electrons. The van der Waals surface area contributed by atoms with E-state index in [9.17, 15) is 13.2 Å². The van der Waals surface area contributed by atoms with Crippen molar-refractivity contribution in [1.82, 2.24) is 9.97 Å². The van der Waals surface area contributed by atoms with Gasteiger partial charge >= 0.3 is 6.18 Å². The number of aromatic nitrogens is 2. The van der Waals surface area contributed by atoms with E-state index >= 15 is 0 Å². The summed E-state index contributed by atoms with van der Waals surface area (Å²) in [7, 11) is 0. The molecule has 2 heterocycles. The van der Waals surface area contributed by atoms with Crippen molar-refractivity contribution in [3.63, 3.8) is 0 Å². The molecule has 0 bridgehead atoms. The van der Waals surface area contributed by atoms with Crippen LogP contribution in [0.3, 0.4) is 0 Å². The van der Waals surface area contributed by atoms with Crippen molar-refractivity contribution in [1.29, 1.82) is 5.26 Å². The molecule has 0 radical (unpaired) electrons. The van der Waals surface area contributed by atoms with Crippen LogP contribution in [0.15, 0.2) is 46.6 Å². The lowest BCUT2D eigenvalue weighted by Gasteiger charge is -2.06. The Morgan fingerprint density at radius 2 is 1.84 bits per heavy atom. The average molecular weight is 281 g/mol. The molecule has 3 nitrogen and oxygen atoms in total. The number of hydrogen-bond acceptors (Lipinski definition) is 4. The summed E-state index contributed by atoms with van der Waals surface area (Å²) in [6, 6.07) is 7.35. The van der Waals surface area contributed by atoms with Gasteiger partial charge in [-0.05, 0) is 24.3 Å². The molecule has 0 unspecified atom stereocenters. The van der Waals surface area contributed by atoms with Crippen molar-refractivity contribution >= 4 is 11.8 Å². The first-order valence-corrected chi connectivity index (χ1v) is 5.88. The van der Waals surface area contributed by atoms with Gasteiger partial charge in [0.25, 0.3) is 0 Å². The van der Waals surface area contributed by atoms with Gasteiger partial charge in [-0.25, -0.2) is 9.97 Å². The van der Waals surface area contributed by atoms with Crippen LogP contribution < -0.4 is 0 Å². The van der Waals surface area contributed by atoms with Gasteiger partial charge in [-0.15, -0.1) is 0 Å². The molecule has 0 amide bonds. The van der Waals surface area contributed by atoms with Gasteiger partial charge in [-0.2, -0.15) is 18.4 Å². The summed E-state index contributed by atoms with van der Waals surface area (Å²) in [5, 5.41) is 9.02. The number of pyridine rings is 2. The van der Waals surface area contributed by atoms with Crippen LogP contribution in [0.25, 0.3) is 0 Å². The fourth-order valence-corrected chi connectivity index (χ4v) is 1.96. The number of rotatable bonds is 2. The predicted molar refractivity (Wildman–Crippen MR) is 62.3 cm³/mol. The van der Waals surface area contributed by atoms with Crippen LogP contribution in [0.4, 0.5) is 13.2 Å². The number of alkyl halides is 3. The summed E-state index contributed by atoms with van der Waals surface area (Å²) < 4.78 is 37.0. The third-order valence-corrected chi connectivity index (χ3v) is 3.06. The SMILES string of the molecule is N#Cc1ccc(Sc2ccc(C(F)(F)F)cn2)cn1. The zero-order valence-electron chi connectivity index (χ0n) is 9.35. The third-order valence-electron chi connectivity index (χ3n) is 2.14. The molecular weight excluding hydrogens is 275 g/mol. The lowest BCUT2D eigenvalue weighted by atomic mass is 10.3. The Kier molecular flexibility index (Phi) is 3.71. The van der Waals surface area contributed by atoms with E-state index in [0.717, 1.165) is 12.3 Å². The van der Waals surface area contributed by atoms with Crippen molar-refractivity contribution in [2.45, 2.75) is 16.1 Å². The monoisotopic (exact) mass is 281 g/mol. The fourth-order valence-electron chi connectivity index (χ4n) is 1.24. The highest BCUT2D eigenvalue weighted by atomic mass is 32.2. The second-order valence-corrected chi connectivity index (χ2v) is 4.57. The topological polar surface area (TPSA) is 49.6 Å². The van der Waals surface area contributed by atoms with E-state index < -0.39 is 11.7 Å². The third kappa shape index (κ3) is 3.45. The summed E-state index contributed by atoms with van der Waals surface area (Å²) in [4.78, 5) is 8.29. The van der Waals surface area contributed by atoms with E-state index in [2.05, 4.69) is 9.97 Å². The van der Waals surface area contributed by atoms with Crippen LogP contribution >= 0.6 is 11.8 Å². The molecule has 2 rings (SSSR count). The molecule has 0 saturated heterocycles. The van der Waals surface area contributed by atoms with Crippen molar-refractivity contribution < 1.29 is 13.2 Å². The Hall–Kier alpha value is -2.07. The lowest BCUT2D eigenvalue weighted by Crippen LogP contribution is -2.04. The standard InChI is InChI=1S/C12H6F3N3S/c13-12(14,15)8-1-4-11(18-6-8)19-10-3-2-9(5-16)17-7-10/h1-4,6-7H. The highest BCUT2D eigenvalue weighted by Gasteiger charge is 2.30. The first kappa shape index (κ1) is 13.4. The molecule has 7 heteroatoms. The van der Waals surface area contributed by atoms with Gasteiger partial charge in [0.05, 0.1) is 5.56 Å². The van der Waals surface area contributed by atoms with Crippen LogP contribution in [0.1, 0.15) is 11.3 Å². The Bertz CT molecular complexity index is 600. The van der Waals surface area contributed by atoms with Crippen LogP contribution in [-0.2, 0) is 6.18 Å². The Labute approximate surface area is 111 Å². The van der Waals surface area contributed by atoms with E-state index in [0.29, 0.717) is 9.92 Å². The van der Waals surface area contributed by atoms with Crippen molar-refractivity contribution in [2.24, 2.45) is 0 Å². The van der Waals surface area contributed by atoms with E-state index in [1.807, 2.05) is 6.07 Å². The molecule has 0 aliphatic rings. The first-order chi connectivity index (χ1) is 8.99. The van der Waals surface area contributed by atoms with E-state index in [1.165, 1.54) is 30.1 Å². The number of nitrogens with zero attached hydrogens (tertiary/aromatic N) is 3. The second kappa shape index (κ2) is 5.28. The smallest absolute Gasteiger partial charge is 0.249 e. The van der Waals surface area contributed by atoms with Gasteiger partial charge in [-0.1, -0.05) is 11.8 Å². The van der Waals surface area contributed by atoms with E-state index in [4.69, 9.17) is 5.26 Å². The largest absolute Gasteiger partial charge is 0.417 e.